The average Bonchev–Trinajstić information content (AvgIpc) is 2.55. The molecular formula is C16H24ClN3O2S. The average molecular weight is 358 g/mol. The summed E-state index contributed by atoms with van der Waals surface area (Å²) >= 11 is 8.34. The highest BCUT2D eigenvalue weighted by atomic mass is 35.5. The van der Waals surface area contributed by atoms with Crippen LogP contribution in [0.25, 0.3) is 0 Å². The largest absolute Gasteiger partial charge is 0.382 e. The summed E-state index contributed by atoms with van der Waals surface area (Å²) in [6, 6.07) is 5.45. The molecular weight excluding hydrogens is 334 g/mol. The number of carbonyl (C=O) groups is 1. The van der Waals surface area contributed by atoms with Crippen molar-refractivity contribution >= 4 is 40.8 Å². The van der Waals surface area contributed by atoms with Gasteiger partial charge in [0, 0.05) is 50.0 Å². The lowest BCUT2D eigenvalue weighted by atomic mass is 10.2. The smallest absolute Gasteiger partial charge is 0.319 e. The predicted octanol–water partition coefficient (Wildman–Crippen LogP) is 3.44. The van der Waals surface area contributed by atoms with Gasteiger partial charge in [-0.15, -0.1) is 0 Å². The van der Waals surface area contributed by atoms with Crippen molar-refractivity contribution in [3.63, 3.8) is 0 Å². The van der Waals surface area contributed by atoms with E-state index in [4.69, 9.17) is 16.3 Å². The first-order chi connectivity index (χ1) is 11.2. The first-order valence-corrected chi connectivity index (χ1v) is 9.49. The molecule has 1 aromatic rings. The van der Waals surface area contributed by atoms with Gasteiger partial charge in [-0.1, -0.05) is 11.6 Å². The van der Waals surface area contributed by atoms with Crippen LogP contribution in [0, 0.1) is 0 Å². The number of hydrogen-bond donors (Lipinski definition) is 2. The number of halogens is 1. The second kappa shape index (κ2) is 9.90. The van der Waals surface area contributed by atoms with E-state index in [0.29, 0.717) is 30.5 Å². The third-order valence-electron chi connectivity index (χ3n) is 3.51. The number of benzene rings is 1. The summed E-state index contributed by atoms with van der Waals surface area (Å²) in [5.41, 5.74) is 1.74. The molecule has 5 nitrogen and oxygen atoms in total. The lowest BCUT2D eigenvalue weighted by molar-refractivity contribution is 0.145. The fourth-order valence-electron chi connectivity index (χ4n) is 2.34. The van der Waals surface area contributed by atoms with E-state index in [1.54, 1.807) is 6.07 Å². The van der Waals surface area contributed by atoms with Crippen LogP contribution in [-0.2, 0) is 4.74 Å². The number of hydrogen-bond acceptors (Lipinski definition) is 4. The van der Waals surface area contributed by atoms with Gasteiger partial charge in [-0.05, 0) is 31.5 Å². The molecule has 1 aliphatic rings. The molecule has 2 amide bonds. The van der Waals surface area contributed by atoms with Crippen LogP contribution >= 0.6 is 23.4 Å². The fraction of sp³-hybridized carbons (Fsp3) is 0.562. The standard InChI is InChI=1S/C16H24ClN3O2S/c1-2-22-9-3-6-18-16(21)19-13-4-5-15(14(17)12-13)20-7-10-23-11-8-20/h4-5,12H,2-3,6-11H2,1H3,(H2,18,19,21). The zero-order valence-electron chi connectivity index (χ0n) is 13.4. The number of ether oxygens (including phenoxy) is 1. The SMILES string of the molecule is CCOCCCNC(=O)Nc1ccc(N2CCSCC2)c(Cl)c1. The summed E-state index contributed by atoms with van der Waals surface area (Å²) in [4.78, 5) is 14.1. The number of nitrogens with zero attached hydrogens (tertiary/aromatic N) is 1. The van der Waals surface area contributed by atoms with Gasteiger partial charge in [0.1, 0.15) is 0 Å². The van der Waals surface area contributed by atoms with Gasteiger partial charge in [0.15, 0.2) is 0 Å². The molecule has 1 aliphatic heterocycles. The monoisotopic (exact) mass is 357 g/mol. The van der Waals surface area contributed by atoms with Gasteiger partial charge in [0.25, 0.3) is 0 Å². The molecule has 128 valence electrons. The van der Waals surface area contributed by atoms with Crippen LogP contribution in [0.1, 0.15) is 13.3 Å². The van der Waals surface area contributed by atoms with Gasteiger partial charge in [-0.2, -0.15) is 11.8 Å². The van der Waals surface area contributed by atoms with E-state index in [1.165, 1.54) is 0 Å². The number of nitrogens with one attached hydrogen (secondary N) is 2. The van der Waals surface area contributed by atoms with E-state index >= 15 is 0 Å². The number of anilines is 2. The van der Waals surface area contributed by atoms with E-state index in [9.17, 15) is 4.79 Å². The van der Waals surface area contributed by atoms with E-state index in [0.717, 1.165) is 36.7 Å². The van der Waals surface area contributed by atoms with Crippen molar-refractivity contribution in [1.82, 2.24) is 5.32 Å². The van der Waals surface area contributed by atoms with Gasteiger partial charge in [0.2, 0.25) is 0 Å². The summed E-state index contributed by atoms with van der Waals surface area (Å²) in [6.45, 7) is 5.92. The molecule has 1 heterocycles. The quantitative estimate of drug-likeness (QED) is 0.734. The summed E-state index contributed by atoms with van der Waals surface area (Å²) in [7, 11) is 0. The Hall–Kier alpha value is -1.11. The van der Waals surface area contributed by atoms with Crippen molar-refractivity contribution in [3.05, 3.63) is 23.2 Å². The van der Waals surface area contributed by atoms with Gasteiger partial charge < -0.3 is 20.3 Å². The maximum Gasteiger partial charge on any atom is 0.319 e. The normalized spacial score (nSPS) is 14.6. The number of thioether (sulfide) groups is 1. The van der Waals surface area contributed by atoms with Crippen molar-refractivity contribution in [3.8, 4) is 0 Å². The second-order valence-electron chi connectivity index (χ2n) is 5.20. The lowest BCUT2D eigenvalue weighted by Gasteiger charge is -2.29. The zero-order chi connectivity index (χ0) is 16.5. The molecule has 0 radical (unpaired) electrons. The van der Waals surface area contributed by atoms with Crippen LogP contribution in [0.5, 0.6) is 0 Å². The van der Waals surface area contributed by atoms with Crippen LogP contribution in [0.4, 0.5) is 16.2 Å². The second-order valence-corrected chi connectivity index (χ2v) is 6.83. The zero-order valence-corrected chi connectivity index (χ0v) is 15.0. The Morgan fingerprint density at radius 3 is 2.87 bits per heavy atom. The minimum absolute atomic E-state index is 0.223. The van der Waals surface area contributed by atoms with E-state index < -0.39 is 0 Å². The molecule has 1 aromatic carbocycles. The van der Waals surface area contributed by atoms with E-state index in [-0.39, 0.29) is 6.03 Å². The first-order valence-electron chi connectivity index (χ1n) is 7.95. The van der Waals surface area contributed by atoms with Crippen LogP contribution < -0.4 is 15.5 Å². The molecule has 0 saturated carbocycles. The molecule has 0 bridgehead atoms. The Morgan fingerprint density at radius 1 is 1.39 bits per heavy atom. The molecule has 0 unspecified atom stereocenters. The Balaban J connectivity index is 1.81. The number of rotatable bonds is 7. The highest BCUT2D eigenvalue weighted by Crippen LogP contribution is 2.30. The van der Waals surface area contributed by atoms with Crippen molar-refractivity contribution < 1.29 is 9.53 Å². The maximum atomic E-state index is 11.8. The molecule has 0 spiro atoms. The highest BCUT2D eigenvalue weighted by Gasteiger charge is 2.14. The fourth-order valence-corrected chi connectivity index (χ4v) is 3.54. The van der Waals surface area contributed by atoms with Gasteiger partial charge in [0.05, 0.1) is 10.7 Å². The summed E-state index contributed by atoms with van der Waals surface area (Å²) in [5.74, 6) is 2.25. The maximum absolute atomic E-state index is 11.8. The molecule has 7 heteroatoms. The summed E-state index contributed by atoms with van der Waals surface area (Å²) in [5, 5.41) is 6.28. The van der Waals surface area contributed by atoms with Gasteiger partial charge >= 0.3 is 6.03 Å². The topological polar surface area (TPSA) is 53.6 Å². The molecule has 2 N–H and O–H groups in total. The molecule has 2 rings (SSSR count). The Morgan fingerprint density at radius 2 is 2.17 bits per heavy atom. The third-order valence-corrected chi connectivity index (χ3v) is 4.76. The van der Waals surface area contributed by atoms with Crippen molar-refractivity contribution in [2.45, 2.75) is 13.3 Å². The number of urea groups is 1. The Labute approximate surface area is 147 Å². The predicted molar refractivity (Wildman–Crippen MR) is 99.1 cm³/mol. The highest BCUT2D eigenvalue weighted by molar-refractivity contribution is 7.99. The van der Waals surface area contributed by atoms with Crippen LogP contribution in [-0.4, -0.2) is 50.4 Å². The van der Waals surface area contributed by atoms with Crippen molar-refractivity contribution in [1.29, 1.82) is 0 Å². The number of amides is 2. The molecule has 0 aliphatic carbocycles. The van der Waals surface area contributed by atoms with Gasteiger partial charge in [-0.25, -0.2) is 4.79 Å². The van der Waals surface area contributed by atoms with E-state index in [1.807, 2.05) is 30.8 Å². The molecule has 23 heavy (non-hydrogen) atoms. The molecule has 1 fully saturated rings. The minimum Gasteiger partial charge on any atom is -0.382 e. The van der Waals surface area contributed by atoms with E-state index in [2.05, 4.69) is 15.5 Å². The lowest BCUT2D eigenvalue weighted by Crippen LogP contribution is -2.32. The molecule has 1 saturated heterocycles. The molecule has 0 atom stereocenters. The van der Waals surface area contributed by atoms with Crippen molar-refractivity contribution in [2.24, 2.45) is 0 Å². The van der Waals surface area contributed by atoms with Crippen molar-refractivity contribution in [2.75, 3.05) is 54.6 Å². The molecule has 0 aromatic heterocycles. The Bertz CT molecular complexity index is 510. The van der Waals surface area contributed by atoms with Crippen LogP contribution in [0.2, 0.25) is 5.02 Å². The Kier molecular flexibility index (Phi) is 7.85. The minimum atomic E-state index is -0.223. The third kappa shape index (κ3) is 6.12. The van der Waals surface area contributed by atoms with Crippen LogP contribution in [0.15, 0.2) is 18.2 Å². The summed E-state index contributed by atoms with van der Waals surface area (Å²) in [6.07, 6.45) is 0.800. The first kappa shape index (κ1) is 18.2. The number of carbonyl (C=O) groups excluding carboxylic acids is 1. The van der Waals surface area contributed by atoms with Gasteiger partial charge in [-0.3, -0.25) is 0 Å². The summed E-state index contributed by atoms with van der Waals surface area (Å²) < 4.78 is 5.22. The van der Waals surface area contributed by atoms with Crippen LogP contribution in [0.3, 0.4) is 0 Å².